The zero-order valence-electron chi connectivity index (χ0n) is 11.1. The van der Waals surface area contributed by atoms with Crippen LogP contribution in [-0.2, 0) is 11.3 Å². The van der Waals surface area contributed by atoms with E-state index in [1.807, 2.05) is 6.07 Å². The van der Waals surface area contributed by atoms with Crippen molar-refractivity contribution < 1.29 is 9.47 Å². The van der Waals surface area contributed by atoms with Crippen molar-refractivity contribution in [2.75, 3.05) is 19.0 Å². The highest BCUT2D eigenvalue weighted by Crippen LogP contribution is 2.25. The van der Waals surface area contributed by atoms with Gasteiger partial charge in [-0.2, -0.15) is 4.98 Å². The van der Waals surface area contributed by atoms with Crippen molar-refractivity contribution in [1.82, 2.24) is 9.97 Å². The fourth-order valence-corrected chi connectivity index (χ4v) is 1.73. The molecule has 5 nitrogen and oxygen atoms in total. The van der Waals surface area contributed by atoms with Crippen LogP contribution in [0.2, 0.25) is 0 Å². The smallest absolute Gasteiger partial charge is 0.219 e. The Labute approximate surface area is 108 Å². The van der Waals surface area contributed by atoms with E-state index in [4.69, 9.17) is 9.47 Å². The van der Waals surface area contributed by atoms with Crippen LogP contribution in [-0.4, -0.2) is 29.7 Å². The summed E-state index contributed by atoms with van der Waals surface area (Å²) in [5.41, 5.74) is 0. The van der Waals surface area contributed by atoms with Gasteiger partial charge in [0.25, 0.3) is 0 Å². The summed E-state index contributed by atoms with van der Waals surface area (Å²) in [5, 5.41) is 3.26. The van der Waals surface area contributed by atoms with Crippen molar-refractivity contribution in [2.24, 2.45) is 0 Å². The van der Waals surface area contributed by atoms with Gasteiger partial charge in [-0.25, -0.2) is 4.98 Å². The molecule has 0 aliphatic heterocycles. The van der Waals surface area contributed by atoms with Crippen LogP contribution in [0.1, 0.15) is 38.4 Å². The van der Waals surface area contributed by atoms with Crippen LogP contribution < -0.4 is 10.1 Å². The van der Waals surface area contributed by atoms with E-state index in [1.165, 1.54) is 6.42 Å². The van der Waals surface area contributed by atoms with E-state index in [9.17, 15) is 0 Å². The van der Waals surface area contributed by atoms with Gasteiger partial charge >= 0.3 is 0 Å². The molecule has 18 heavy (non-hydrogen) atoms. The van der Waals surface area contributed by atoms with Gasteiger partial charge in [-0.1, -0.05) is 6.92 Å². The number of rotatable bonds is 7. The second-order valence-corrected chi connectivity index (χ2v) is 4.54. The van der Waals surface area contributed by atoms with Gasteiger partial charge in [-0.3, -0.25) is 0 Å². The number of aromatic nitrogens is 2. The molecule has 2 rings (SSSR count). The first-order valence-electron chi connectivity index (χ1n) is 6.59. The molecule has 5 heteroatoms. The molecule has 100 valence electrons. The Bertz CT molecular complexity index is 380. The fraction of sp³-hybridized carbons (Fsp3) is 0.692. The van der Waals surface area contributed by atoms with Crippen molar-refractivity contribution in [3.05, 3.63) is 11.9 Å². The van der Waals surface area contributed by atoms with Crippen LogP contribution in [0.3, 0.4) is 0 Å². The molecule has 0 amide bonds. The molecular weight excluding hydrogens is 230 g/mol. The molecule has 1 aliphatic carbocycles. The van der Waals surface area contributed by atoms with Crippen LogP contribution in [0.4, 0.5) is 5.82 Å². The maximum Gasteiger partial charge on any atom is 0.219 e. The van der Waals surface area contributed by atoms with Gasteiger partial charge in [-0.15, -0.1) is 0 Å². The number of methoxy groups -OCH3 is 1. The lowest BCUT2D eigenvalue weighted by atomic mass is 9.96. The first-order chi connectivity index (χ1) is 8.81. The van der Waals surface area contributed by atoms with E-state index in [-0.39, 0.29) is 0 Å². The molecule has 0 aromatic carbocycles. The largest absolute Gasteiger partial charge is 0.474 e. The lowest BCUT2D eigenvalue weighted by molar-refractivity contribution is 0.112. The third kappa shape index (κ3) is 3.57. The summed E-state index contributed by atoms with van der Waals surface area (Å²) in [6.07, 6.45) is 4.89. The number of nitrogens with one attached hydrogen (secondary N) is 1. The van der Waals surface area contributed by atoms with Crippen LogP contribution in [0.15, 0.2) is 6.07 Å². The minimum Gasteiger partial charge on any atom is -0.474 e. The third-order valence-electron chi connectivity index (χ3n) is 2.92. The number of anilines is 1. The van der Waals surface area contributed by atoms with Gasteiger partial charge in [0, 0.05) is 19.7 Å². The monoisotopic (exact) mass is 251 g/mol. The second kappa shape index (κ2) is 6.54. The summed E-state index contributed by atoms with van der Waals surface area (Å²) in [5.74, 6) is 2.13. The topological polar surface area (TPSA) is 56.3 Å². The van der Waals surface area contributed by atoms with Gasteiger partial charge in [0.2, 0.25) is 5.88 Å². The standard InChI is InChI=1S/C13H21N3O2/c1-3-7-14-11-8-13(18-10-5-4-6-10)16-12(15-11)9-17-2/h8,10H,3-7,9H2,1-2H3,(H,14,15,16). The molecule has 1 N–H and O–H groups in total. The number of ether oxygens (including phenoxy) is 2. The van der Waals surface area contributed by atoms with Gasteiger partial charge < -0.3 is 14.8 Å². The summed E-state index contributed by atoms with van der Waals surface area (Å²) in [4.78, 5) is 8.74. The van der Waals surface area contributed by atoms with E-state index < -0.39 is 0 Å². The van der Waals surface area contributed by atoms with Crippen LogP contribution in [0, 0.1) is 0 Å². The normalized spacial score (nSPS) is 15.2. The molecule has 1 aliphatic rings. The first kappa shape index (κ1) is 13.1. The molecule has 0 saturated heterocycles. The molecule has 1 aromatic rings. The fourth-order valence-electron chi connectivity index (χ4n) is 1.73. The molecule has 1 saturated carbocycles. The molecule has 1 fully saturated rings. The zero-order chi connectivity index (χ0) is 12.8. The molecule has 1 aromatic heterocycles. The van der Waals surface area contributed by atoms with Gasteiger partial charge in [0.05, 0.1) is 0 Å². The van der Waals surface area contributed by atoms with Crippen molar-refractivity contribution >= 4 is 5.82 Å². The SMILES string of the molecule is CCCNc1cc(OC2CCC2)nc(COC)n1. The number of hydrogen-bond donors (Lipinski definition) is 1. The lowest BCUT2D eigenvalue weighted by Crippen LogP contribution is -2.25. The lowest BCUT2D eigenvalue weighted by Gasteiger charge is -2.26. The predicted octanol–water partition coefficient (Wildman–Crippen LogP) is 2.38. The summed E-state index contributed by atoms with van der Waals surface area (Å²) in [6, 6.07) is 1.87. The highest BCUT2D eigenvalue weighted by molar-refractivity contribution is 5.38. The maximum atomic E-state index is 5.81. The van der Waals surface area contributed by atoms with Crippen molar-refractivity contribution in [3.63, 3.8) is 0 Å². The molecule has 0 spiro atoms. The average molecular weight is 251 g/mol. The minimum atomic E-state index is 0.328. The van der Waals surface area contributed by atoms with E-state index >= 15 is 0 Å². The molecule has 0 unspecified atom stereocenters. The van der Waals surface area contributed by atoms with E-state index in [1.54, 1.807) is 7.11 Å². The van der Waals surface area contributed by atoms with E-state index in [2.05, 4.69) is 22.2 Å². The second-order valence-electron chi connectivity index (χ2n) is 4.54. The molecule has 0 bridgehead atoms. The Hall–Kier alpha value is -1.36. The van der Waals surface area contributed by atoms with Crippen LogP contribution >= 0.6 is 0 Å². The van der Waals surface area contributed by atoms with Gasteiger partial charge in [0.1, 0.15) is 18.5 Å². The third-order valence-corrected chi connectivity index (χ3v) is 2.92. The van der Waals surface area contributed by atoms with E-state index in [0.29, 0.717) is 24.4 Å². The molecule has 0 radical (unpaired) electrons. The van der Waals surface area contributed by atoms with Crippen molar-refractivity contribution in [3.8, 4) is 5.88 Å². The Morgan fingerprint density at radius 1 is 1.39 bits per heavy atom. The average Bonchev–Trinajstić information content (AvgIpc) is 2.32. The van der Waals surface area contributed by atoms with Crippen molar-refractivity contribution in [1.29, 1.82) is 0 Å². The zero-order valence-corrected chi connectivity index (χ0v) is 11.1. The Kier molecular flexibility index (Phi) is 4.75. The number of hydrogen-bond acceptors (Lipinski definition) is 5. The molecular formula is C13H21N3O2. The van der Waals surface area contributed by atoms with Crippen molar-refractivity contribution in [2.45, 2.75) is 45.3 Å². The van der Waals surface area contributed by atoms with Crippen LogP contribution in [0.25, 0.3) is 0 Å². The summed E-state index contributed by atoms with van der Waals surface area (Å²) in [7, 11) is 1.64. The minimum absolute atomic E-state index is 0.328. The van der Waals surface area contributed by atoms with Crippen LogP contribution in [0.5, 0.6) is 5.88 Å². The highest BCUT2D eigenvalue weighted by atomic mass is 16.5. The quantitative estimate of drug-likeness (QED) is 0.806. The van der Waals surface area contributed by atoms with Gasteiger partial charge in [0.15, 0.2) is 5.82 Å². The predicted molar refractivity (Wildman–Crippen MR) is 69.8 cm³/mol. The van der Waals surface area contributed by atoms with Gasteiger partial charge in [-0.05, 0) is 25.7 Å². The summed E-state index contributed by atoms with van der Waals surface area (Å²) in [6.45, 7) is 3.42. The Balaban J connectivity index is 2.07. The summed E-state index contributed by atoms with van der Waals surface area (Å²) >= 11 is 0. The Morgan fingerprint density at radius 3 is 2.83 bits per heavy atom. The number of nitrogens with zero attached hydrogens (tertiary/aromatic N) is 2. The molecule has 0 atom stereocenters. The Morgan fingerprint density at radius 2 is 2.22 bits per heavy atom. The summed E-state index contributed by atoms with van der Waals surface area (Å²) < 4.78 is 10.9. The maximum absolute atomic E-state index is 5.81. The highest BCUT2D eigenvalue weighted by Gasteiger charge is 2.20. The first-order valence-corrected chi connectivity index (χ1v) is 6.59. The molecule has 1 heterocycles. The van der Waals surface area contributed by atoms with E-state index in [0.717, 1.165) is 31.6 Å².